The average molecular weight is 445 g/mol. The monoisotopic (exact) mass is 444 g/mol. The van der Waals surface area contributed by atoms with Gasteiger partial charge < -0.3 is 20.5 Å². The van der Waals surface area contributed by atoms with E-state index in [9.17, 15) is 14.4 Å². The summed E-state index contributed by atoms with van der Waals surface area (Å²) in [5, 5.41) is 14.2. The third-order valence-corrected chi connectivity index (χ3v) is 5.31. The molecular formula is C25H36N2O5. The molecule has 0 unspecified atom stereocenters. The molecule has 32 heavy (non-hydrogen) atoms. The number of hydrogen-bond donors (Lipinski definition) is 3. The van der Waals surface area contributed by atoms with Crippen molar-refractivity contribution in [2.24, 2.45) is 11.8 Å². The number of carbonyl (C=O) groups is 3. The van der Waals surface area contributed by atoms with E-state index in [0.29, 0.717) is 0 Å². The fraction of sp³-hybridized carbons (Fsp3) is 0.480. The quantitative estimate of drug-likeness (QED) is 0.430. The molecule has 0 spiro atoms. The lowest BCUT2D eigenvalue weighted by molar-refractivity contribution is -0.142. The smallest absolute Gasteiger partial charge is 0.325 e. The third kappa shape index (κ3) is 9.47. The first kappa shape index (κ1) is 27.1. The Kier molecular flexibility index (Phi) is 11.4. The highest BCUT2D eigenvalue weighted by molar-refractivity contribution is 5.85. The Bertz CT molecular complexity index is 819. The zero-order valence-corrected chi connectivity index (χ0v) is 19.8. The molecule has 0 radical (unpaired) electrons. The van der Waals surface area contributed by atoms with E-state index in [2.05, 4.69) is 35.8 Å². The lowest BCUT2D eigenvalue weighted by Crippen LogP contribution is -2.47. The minimum absolute atomic E-state index is 0.00843. The predicted octanol–water partition coefficient (Wildman–Crippen LogP) is 3.11. The molecule has 3 N–H and O–H groups in total. The summed E-state index contributed by atoms with van der Waals surface area (Å²) in [6, 6.07) is 8.56. The second-order valence-corrected chi connectivity index (χ2v) is 8.18. The van der Waals surface area contributed by atoms with Crippen LogP contribution in [0.1, 0.15) is 40.2 Å². The molecule has 2 amide bonds. The van der Waals surface area contributed by atoms with Gasteiger partial charge in [0, 0.05) is 20.0 Å². The first-order valence-corrected chi connectivity index (χ1v) is 10.8. The Labute approximate surface area is 190 Å². The van der Waals surface area contributed by atoms with E-state index >= 15 is 0 Å². The number of rotatable bonds is 12. The molecular weight excluding hydrogens is 408 g/mol. The minimum Gasteiger partial charge on any atom is -0.480 e. The largest absolute Gasteiger partial charge is 0.480 e. The highest BCUT2D eigenvalue weighted by Crippen LogP contribution is 2.17. The third-order valence-electron chi connectivity index (χ3n) is 5.31. The summed E-state index contributed by atoms with van der Waals surface area (Å²) in [5.41, 5.74) is 2.17. The van der Waals surface area contributed by atoms with Gasteiger partial charge in [-0.05, 0) is 25.8 Å². The molecule has 0 aromatic heterocycles. The SMILES string of the molecule is CO[C@@H](Cc1ccccc1)[C@@H](C)/C=C(C)/C=C/[C@H](NC(C)=O)[C@H](C)C(=O)N[C@@H](C)C(=O)O. The van der Waals surface area contributed by atoms with E-state index in [1.807, 2.05) is 31.2 Å². The lowest BCUT2D eigenvalue weighted by atomic mass is 9.94. The van der Waals surface area contributed by atoms with Crippen molar-refractivity contribution in [3.63, 3.8) is 0 Å². The van der Waals surface area contributed by atoms with Crippen molar-refractivity contribution in [1.29, 1.82) is 0 Å². The van der Waals surface area contributed by atoms with Gasteiger partial charge in [-0.2, -0.15) is 0 Å². The highest BCUT2D eigenvalue weighted by Gasteiger charge is 2.25. The number of hydrogen-bond acceptors (Lipinski definition) is 4. The van der Waals surface area contributed by atoms with E-state index in [4.69, 9.17) is 9.84 Å². The zero-order valence-electron chi connectivity index (χ0n) is 19.8. The van der Waals surface area contributed by atoms with E-state index in [1.165, 1.54) is 19.4 Å². The molecule has 0 aliphatic rings. The van der Waals surface area contributed by atoms with E-state index in [0.717, 1.165) is 12.0 Å². The number of carbonyl (C=O) groups excluding carboxylic acids is 2. The summed E-state index contributed by atoms with van der Waals surface area (Å²) in [6.45, 7) is 8.46. The summed E-state index contributed by atoms with van der Waals surface area (Å²) in [5.74, 6) is -2.34. The number of methoxy groups -OCH3 is 1. The van der Waals surface area contributed by atoms with E-state index in [-0.39, 0.29) is 17.9 Å². The topological polar surface area (TPSA) is 105 Å². The maximum atomic E-state index is 12.4. The van der Waals surface area contributed by atoms with Crippen molar-refractivity contribution in [3.05, 3.63) is 59.7 Å². The summed E-state index contributed by atoms with van der Waals surface area (Å²) >= 11 is 0. The number of ether oxygens (including phenoxy) is 1. The van der Waals surface area contributed by atoms with Crippen molar-refractivity contribution in [2.45, 2.75) is 59.2 Å². The molecule has 0 bridgehead atoms. The number of aliphatic carboxylic acids is 1. The summed E-state index contributed by atoms with van der Waals surface area (Å²) in [6.07, 6.45) is 6.51. The Morgan fingerprint density at radius 1 is 1.06 bits per heavy atom. The van der Waals surface area contributed by atoms with Crippen LogP contribution in [0, 0.1) is 11.8 Å². The predicted molar refractivity (Wildman–Crippen MR) is 125 cm³/mol. The number of carboxylic acid groups (broad SMARTS) is 1. The van der Waals surface area contributed by atoms with Gasteiger partial charge in [-0.25, -0.2) is 0 Å². The van der Waals surface area contributed by atoms with Crippen molar-refractivity contribution in [1.82, 2.24) is 10.6 Å². The molecule has 5 atom stereocenters. The number of carboxylic acids is 1. The summed E-state index contributed by atoms with van der Waals surface area (Å²) < 4.78 is 5.69. The van der Waals surface area contributed by atoms with Crippen LogP contribution in [0.25, 0.3) is 0 Å². The maximum Gasteiger partial charge on any atom is 0.325 e. The Morgan fingerprint density at radius 2 is 1.69 bits per heavy atom. The van der Waals surface area contributed by atoms with Crippen molar-refractivity contribution in [3.8, 4) is 0 Å². The van der Waals surface area contributed by atoms with E-state index < -0.39 is 29.9 Å². The molecule has 0 heterocycles. The van der Waals surface area contributed by atoms with Crippen LogP contribution < -0.4 is 10.6 Å². The van der Waals surface area contributed by atoms with Gasteiger partial charge in [0.15, 0.2) is 0 Å². The fourth-order valence-corrected chi connectivity index (χ4v) is 3.31. The van der Waals surface area contributed by atoms with Crippen LogP contribution >= 0.6 is 0 Å². The van der Waals surface area contributed by atoms with Gasteiger partial charge in [0.25, 0.3) is 0 Å². The Balaban J connectivity index is 2.89. The van der Waals surface area contributed by atoms with E-state index in [1.54, 1.807) is 20.1 Å². The highest BCUT2D eigenvalue weighted by atomic mass is 16.5. The van der Waals surface area contributed by atoms with Gasteiger partial charge in [0.2, 0.25) is 11.8 Å². The van der Waals surface area contributed by atoms with Crippen LogP contribution in [0.15, 0.2) is 54.1 Å². The van der Waals surface area contributed by atoms with Gasteiger partial charge in [-0.3, -0.25) is 14.4 Å². The van der Waals surface area contributed by atoms with Crippen LogP contribution in [0.4, 0.5) is 0 Å². The number of benzene rings is 1. The number of allylic oxidation sites excluding steroid dienone is 2. The molecule has 0 saturated carbocycles. The average Bonchev–Trinajstić information content (AvgIpc) is 2.74. The van der Waals surface area contributed by atoms with Gasteiger partial charge in [-0.15, -0.1) is 0 Å². The van der Waals surface area contributed by atoms with Crippen LogP contribution in [-0.4, -0.2) is 48.2 Å². The molecule has 1 rings (SSSR count). The normalized spacial score (nSPS) is 16.6. The second kappa shape index (κ2) is 13.5. The molecule has 0 saturated heterocycles. The van der Waals surface area contributed by atoms with Crippen molar-refractivity contribution in [2.75, 3.05) is 7.11 Å². The first-order chi connectivity index (χ1) is 15.0. The molecule has 176 valence electrons. The van der Waals surface area contributed by atoms with Crippen LogP contribution in [0.5, 0.6) is 0 Å². The van der Waals surface area contributed by atoms with Gasteiger partial charge in [0.05, 0.1) is 18.1 Å². The lowest BCUT2D eigenvalue weighted by Gasteiger charge is -2.23. The summed E-state index contributed by atoms with van der Waals surface area (Å²) in [7, 11) is 1.70. The molecule has 0 fully saturated rings. The van der Waals surface area contributed by atoms with Crippen LogP contribution in [0.3, 0.4) is 0 Å². The van der Waals surface area contributed by atoms with Gasteiger partial charge in [0.1, 0.15) is 6.04 Å². The number of amides is 2. The fourth-order valence-electron chi connectivity index (χ4n) is 3.31. The van der Waals surface area contributed by atoms with Crippen molar-refractivity contribution < 1.29 is 24.2 Å². The zero-order chi connectivity index (χ0) is 24.3. The van der Waals surface area contributed by atoms with Crippen molar-refractivity contribution >= 4 is 17.8 Å². The van der Waals surface area contributed by atoms with Crippen LogP contribution in [0.2, 0.25) is 0 Å². The van der Waals surface area contributed by atoms with Crippen LogP contribution in [-0.2, 0) is 25.5 Å². The Morgan fingerprint density at radius 3 is 2.22 bits per heavy atom. The summed E-state index contributed by atoms with van der Waals surface area (Å²) in [4.78, 5) is 35.0. The standard InChI is InChI=1S/C25H36N2O5/c1-16(14-17(2)23(32-6)15-21-10-8-7-9-11-21)12-13-22(27-20(5)28)18(3)24(29)26-19(4)25(30)31/h7-14,17-19,22-23H,15H2,1-6H3,(H,26,29)(H,27,28)(H,30,31)/b13-12+,16-14+/t17-,18-,19-,22-,23-/m0/s1. The molecule has 1 aromatic carbocycles. The van der Waals surface area contributed by atoms with Gasteiger partial charge >= 0.3 is 5.97 Å². The second-order valence-electron chi connectivity index (χ2n) is 8.18. The number of nitrogens with one attached hydrogen (secondary N) is 2. The molecule has 7 nitrogen and oxygen atoms in total. The molecule has 0 aliphatic heterocycles. The molecule has 1 aromatic rings. The minimum atomic E-state index is -1.12. The first-order valence-electron chi connectivity index (χ1n) is 10.8. The maximum absolute atomic E-state index is 12.4. The Hall–Kier alpha value is -2.93. The molecule has 0 aliphatic carbocycles. The molecule has 7 heteroatoms. The van der Waals surface area contributed by atoms with Gasteiger partial charge in [-0.1, -0.05) is 68.0 Å².